The van der Waals surface area contributed by atoms with E-state index in [0.717, 1.165) is 12.8 Å². The van der Waals surface area contributed by atoms with Gasteiger partial charge in [-0.1, -0.05) is 0 Å². The molecule has 0 bridgehead atoms. The van der Waals surface area contributed by atoms with Crippen LogP contribution in [0.15, 0.2) is 12.3 Å². The third-order valence-electron chi connectivity index (χ3n) is 2.95. The summed E-state index contributed by atoms with van der Waals surface area (Å²) >= 11 is 5.83. The second-order valence-corrected chi connectivity index (χ2v) is 6.24. The molecule has 2 heterocycles. The molecule has 1 aliphatic rings. The third-order valence-corrected chi connectivity index (χ3v) is 3.13. The maximum absolute atomic E-state index is 12.5. The molecule has 0 saturated carbocycles. The number of anilines is 1. The predicted octanol–water partition coefficient (Wildman–Crippen LogP) is 3.05. The minimum Gasteiger partial charge on any atom is -0.443 e. The van der Waals surface area contributed by atoms with E-state index in [1.807, 2.05) is 20.8 Å². The van der Waals surface area contributed by atoms with Crippen LogP contribution in [0, 0.1) is 0 Å². The molecule has 1 atom stereocenters. The lowest BCUT2D eigenvalue weighted by atomic mass is 10.1. The molecule has 21 heavy (non-hydrogen) atoms. The minimum atomic E-state index is -0.582. The number of aromatic nitrogens is 2. The summed E-state index contributed by atoms with van der Waals surface area (Å²) in [4.78, 5) is 22.0. The number of carbonyl (C=O) groups excluding carboxylic acids is 1. The van der Waals surface area contributed by atoms with Crippen LogP contribution in [0.5, 0.6) is 0 Å². The minimum absolute atomic E-state index is 0.0952. The topological polar surface area (TPSA) is 64.5 Å². The van der Waals surface area contributed by atoms with Crippen molar-refractivity contribution in [3.63, 3.8) is 0 Å². The van der Waals surface area contributed by atoms with E-state index in [1.165, 1.54) is 11.1 Å². The van der Waals surface area contributed by atoms with Crippen LogP contribution in [0.3, 0.4) is 0 Å². The van der Waals surface area contributed by atoms with Crippen molar-refractivity contribution in [3.8, 4) is 0 Å². The second kappa shape index (κ2) is 6.58. The Morgan fingerprint density at radius 2 is 2.29 bits per heavy atom. The van der Waals surface area contributed by atoms with Crippen molar-refractivity contribution in [3.05, 3.63) is 17.5 Å². The van der Waals surface area contributed by atoms with E-state index in [-0.39, 0.29) is 11.3 Å². The molecule has 0 aliphatic carbocycles. The summed E-state index contributed by atoms with van der Waals surface area (Å²) in [6.07, 6.45) is 2.79. The molecule has 116 valence electrons. The van der Waals surface area contributed by atoms with Crippen molar-refractivity contribution in [1.29, 1.82) is 0 Å². The molecule has 2 rings (SSSR count). The Kier molecular flexibility index (Phi) is 5.00. The highest BCUT2D eigenvalue weighted by atomic mass is 35.5. The van der Waals surface area contributed by atoms with Crippen molar-refractivity contribution in [2.24, 2.45) is 0 Å². The lowest BCUT2D eigenvalue weighted by Crippen LogP contribution is -2.47. The van der Waals surface area contributed by atoms with Gasteiger partial charge in [-0.05, 0) is 51.3 Å². The molecule has 1 saturated heterocycles. The first-order valence-electron chi connectivity index (χ1n) is 6.95. The molecular formula is C14H20ClN3O3. The maximum Gasteiger partial charge on any atom is 0.416 e. The molecule has 1 unspecified atom stereocenters. The zero-order valence-electron chi connectivity index (χ0n) is 12.5. The van der Waals surface area contributed by atoms with E-state index in [0.29, 0.717) is 19.0 Å². The predicted molar refractivity (Wildman–Crippen MR) is 79.6 cm³/mol. The highest BCUT2D eigenvalue weighted by Gasteiger charge is 2.32. The Bertz CT molecular complexity index is 498. The zero-order valence-corrected chi connectivity index (χ0v) is 13.3. The van der Waals surface area contributed by atoms with Gasteiger partial charge in [0.25, 0.3) is 0 Å². The second-order valence-electron chi connectivity index (χ2n) is 5.91. The molecule has 1 aliphatic heterocycles. The summed E-state index contributed by atoms with van der Waals surface area (Å²) in [6, 6.07) is 1.53. The molecule has 0 spiro atoms. The average molecular weight is 314 g/mol. The standard InChI is InChI=1S/C14H20ClN3O3/c1-14(2,3)21-13(19)18(10-5-4-8-20-9-10)11-6-7-16-12(15)17-11/h6-7,10H,4-5,8-9H2,1-3H3. The Morgan fingerprint density at radius 1 is 1.52 bits per heavy atom. The number of rotatable bonds is 2. The largest absolute Gasteiger partial charge is 0.443 e. The summed E-state index contributed by atoms with van der Waals surface area (Å²) < 4.78 is 10.9. The van der Waals surface area contributed by atoms with E-state index in [2.05, 4.69) is 9.97 Å². The van der Waals surface area contributed by atoms with Crippen LogP contribution in [0.4, 0.5) is 10.6 Å². The van der Waals surface area contributed by atoms with Crippen LogP contribution < -0.4 is 4.90 Å². The number of hydrogen-bond donors (Lipinski definition) is 0. The molecule has 0 aromatic carbocycles. The summed E-state index contributed by atoms with van der Waals surface area (Å²) in [5.41, 5.74) is -0.582. The molecule has 1 amide bonds. The number of halogens is 1. The van der Waals surface area contributed by atoms with Crippen LogP contribution in [0.1, 0.15) is 33.6 Å². The quantitative estimate of drug-likeness (QED) is 0.785. The first kappa shape index (κ1) is 16.0. The van der Waals surface area contributed by atoms with Crippen LogP contribution in [-0.2, 0) is 9.47 Å². The van der Waals surface area contributed by atoms with Crippen molar-refractivity contribution in [2.75, 3.05) is 18.1 Å². The highest BCUT2D eigenvalue weighted by molar-refractivity contribution is 6.28. The zero-order chi connectivity index (χ0) is 15.5. The fourth-order valence-electron chi connectivity index (χ4n) is 2.13. The lowest BCUT2D eigenvalue weighted by Gasteiger charge is -2.34. The maximum atomic E-state index is 12.5. The monoisotopic (exact) mass is 313 g/mol. The van der Waals surface area contributed by atoms with Crippen LogP contribution in [0.25, 0.3) is 0 Å². The SMILES string of the molecule is CC(C)(C)OC(=O)N(c1ccnc(Cl)n1)C1CCCOC1. The summed E-state index contributed by atoms with van der Waals surface area (Å²) in [5, 5.41) is 0.0952. The Labute approximate surface area is 129 Å². The van der Waals surface area contributed by atoms with Gasteiger partial charge in [-0.2, -0.15) is 0 Å². The Hall–Kier alpha value is -1.40. The van der Waals surface area contributed by atoms with Crippen LogP contribution in [-0.4, -0.2) is 40.9 Å². The van der Waals surface area contributed by atoms with Crippen molar-refractivity contribution in [1.82, 2.24) is 9.97 Å². The van der Waals surface area contributed by atoms with E-state index in [4.69, 9.17) is 21.1 Å². The number of hydrogen-bond acceptors (Lipinski definition) is 5. The van der Waals surface area contributed by atoms with Gasteiger partial charge < -0.3 is 9.47 Å². The van der Waals surface area contributed by atoms with E-state index in [9.17, 15) is 4.79 Å². The van der Waals surface area contributed by atoms with Crippen LogP contribution in [0.2, 0.25) is 5.28 Å². The summed E-state index contributed by atoms with van der Waals surface area (Å²) in [5.74, 6) is 0.430. The van der Waals surface area contributed by atoms with Crippen molar-refractivity contribution >= 4 is 23.5 Å². The lowest BCUT2D eigenvalue weighted by molar-refractivity contribution is 0.0446. The number of ether oxygens (including phenoxy) is 2. The van der Waals surface area contributed by atoms with E-state index in [1.54, 1.807) is 6.07 Å². The van der Waals surface area contributed by atoms with Crippen LogP contribution >= 0.6 is 11.6 Å². The van der Waals surface area contributed by atoms with Gasteiger partial charge in [0.2, 0.25) is 5.28 Å². The van der Waals surface area contributed by atoms with Gasteiger partial charge in [0.15, 0.2) is 0 Å². The van der Waals surface area contributed by atoms with E-state index < -0.39 is 11.7 Å². The first-order valence-corrected chi connectivity index (χ1v) is 7.33. The van der Waals surface area contributed by atoms with Crippen molar-refractivity contribution in [2.45, 2.75) is 45.3 Å². The van der Waals surface area contributed by atoms with Gasteiger partial charge in [-0.25, -0.2) is 14.8 Å². The smallest absolute Gasteiger partial charge is 0.416 e. The molecule has 1 fully saturated rings. The number of nitrogens with zero attached hydrogens (tertiary/aromatic N) is 3. The van der Waals surface area contributed by atoms with Gasteiger partial charge in [0, 0.05) is 12.8 Å². The number of carbonyl (C=O) groups is 1. The average Bonchev–Trinajstić information content (AvgIpc) is 2.38. The van der Waals surface area contributed by atoms with Gasteiger partial charge >= 0.3 is 6.09 Å². The third kappa shape index (κ3) is 4.54. The molecule has 1 aromatic heterocycles. The van der Waals surface area contributed by atoms with Gasteiger partial charge in [0.1, 0.15) is 11.4 Å². The fraction of sp³-hybridized carbons (Fsp3) is 0.643. The fourth-order valence-corrected chi connectivity index (χ4v) is 2.27. The molecule has 1 aromatic rings. The Morgan fingerprint density at radius 3 is 2.86 bits per heavy atom. The number of amides is 1. The van der Waals surface area contributed by atoms with Gasteiger partial charge in [0.05, 0.1) is 12.6 Å². The molecular weight excluding hydrogens is 294 g/mol. The Balaban J connectivity index is 2.27. The van der Waals surface area contributed by atoms with E-state index >= 15 is 0 Å². The van der Waals surface area contributed by atoms with Gasteiger partial charge in [-0.3, -0.25) is 4.90 Å². The molecule has 7 heteroatoms. The molecule has 0 N–H and O–H groups in total. The summed E-state index contributed by atoms with van der Waals surface area (Å²) in [7, 11) is 0. The van der Waals surface area contributed by atoms with Gasteiger partial charge in [-0.15, -0.1) is 0 Å². The first-order chi connectivity index (χ1) is 9.87. The normalized spacial score (nSPS) is 19.1. The molecule has 0 radical (unpaired) electrons. The highest BCUT2D eigenvalue weighted by Crippen LogP contribution is 2.23. The summed E-state index contributed by atoms with van der Waals surface area (Å²) in [6.45, 7) is 6.65. The molecule has 6 nitrogen and oxygen atoms in total. The van der Waals surface area contributed by atoms with Crippen molar-refractivity contribution < 1.29 is 14.3 Å².